The van der Waals surface area contributed by atoms with Gasteiger partial charge < -0.3 is 14.2 Å². The van der Waals surface area contributed by atoms with Crippen LogP contribution in [0.2, 0.25) is 0 Å². The van der Waals surface area contributed by atoms with Gasteiger partial charge in [-0.3, -0.25) is 4.79 Å². The molecule has 0 aliphatic heterocycles. The molecule has 2 aromatic carbocycles. The van der Waals surface area contributed by atoms with Crippen LogP contribution in [0.25, 0.3) is 28.6 Å². The van der Waals surface area contributed by atoms with E-state index in [0.29, 0.717) is 17.3 Å². The van der Waals surface area contributed by atoms with Crippen molar-refractivity contribution in [2.75, 3.05) is 5.32 Å². The average molecular weight is 330 g/mol. The molecule has 0 aliphatic carbocycles. The van der Waals surface area contributed by atoms with Gasteiger partial charge in [0.25, 0.3) is 0 Å². The maximum atomic E-state index is 11.9. The fraction of sp³-hybridized carbons (Fsp3) is 0. The molecule has 122 valence electrons. The monoisotopic (exact) mass is 330 g/mol. The van der Waals surface area contributed by atoms with E-state index in [2.05, 4.69) is 10.3 Å². The molecule has 2 heterocycles. The number of benzene rings is 2. The van der Waals surface area contributed by atoms with Gasteiger partial charge in [-0.2, -0.15) is 0 Å². The summed E-state index contributed by atoms with van der Waals surface area (Å²) in [4.78, 5) is 16.4. The summed E-state index contributed by atoms with van der Waals surface area (Å²) < 4.78 is 10.9. The van der Waals surface area contributed by atoms with Gasteiger partial charge in [0.05, 0.1) is 6.26 Å². The summed E-state index contributed by atoms with van der Waals surface area (Å²) in [5.74, 6) is 0.948. The number of nitrogens with zero attached hydrogens (tertiary/aromatic N) is 1. The number of aromatic nitrogens is 1. The first-order valence-corrected chi connectivity index (χ1v) is 7.76. The molecule has 2 aromatic heterocycles. The van der Waals surface area contributed by atoms with Crippen LogP contribution < -0.4 is 5.32 Å². The molecule has 4 rings (SSSR count). The molecule has 0 radical (unpaired) electrons. The number of furan rings is 1. The summed E-state index contributed by atoms with van der Waals surface area (Å²) >= 11 is 0. The fourth-order valence-electron chi connectivity index (χ4n) is 2.42. The Morgan fingerprint density at radius 1 is 1.00 bits per heavy atom. The summed E-state index contributed by atoms with van der Waals surface area (Å²) in [6, 6.07) is 18.5. The predicted octanol–water partition coefficient (Wildman–Crippen LogP) is 4.74. The lowest BCUT2D eigenvalue weighted by Crippen LogP contribution is -2.07. The quantitative estimate of drug-likeness (QED) is 0.549. The molecule has 5 heteroatoms. The maximum Gasteiger partial charge on any atom is 0.248 e. The van der Waals surface area contributed by atoms with Crippen molar-refractivity contribution < 1.29 is 13.6 Å². The van der Waals surface area contributed by atoms with E-state index in [-0.39, 0.29) is 5.91 Å². The Bertz CT molecular complexity index is 995. The van der Waals surface area contributed by atoms with Gasteiger partial charge in [0.15, 0.2) is 5.58 Å². The van der Waals surface area contributed by atoms with Crippen molar-refractivity contribution in [3.63, 3.8) is 0 Å². The zero-order valence-corrected chi connectivity index (χ0v) is 13.2. The van der Waals surface area contributed by atoms with Gasteiger partial charge in [-0.25, -0.2) is 4.98 Å². The zero-order valence-electron chi connectivity index (χ0n) is 13.2. The SMILES string of the molecule is O=C(C=Cc1ccco1)Nc1ccc(-c2nc3ccccc3o2)cc1. The number of carbonyl (C=O) groups is 1. The van der Waals surface area contributed by atoms with Crippen LogP contribution in [-0.4, -0.2) is 10.9 Å². The molecule has 4 aromatic rings. The minimum absolute atomic E-state index is 0.231. The number of nitrogens with one attached hydrogen (secondary N) is 1. The minimum Gasteiger partial charge on any atom is -0.465 e. The van der Waals surface area contributed by atoms with E-state index in [9.17, 15) is 4.79 Å². The summed E-state index contributed by atoms with van der Waals surface area (Å²) in [6.07, 6.45) is 4.60. The topological polar surface area (TPSA) is 68.3 Å². The number of para-hydroxylation sites is 2. The number of hydrogen-bond donors (Lipinski definition) is 1. The van der Waals surface area contributed by atoms with E-state index in [4.69, 9.17) is 8.83 Å². The molecule has 5 nitrogen and oxygen atoms in total. The Hall–Kier alpha value is -3.60. The lowest BCUT2D eigenvalue weighted by Gasteiger charge is -2.02. The van der Waals surface area contributed by atoms with Crippen LogP contribution in [0.4, 0.5) is 5.69 Å². The zero-order chi connectivity index (χ0) is 17.1. The van der Waals surface area contributed by atoms with Crippen LogP contribution in [0, 0.1) is 0 Å². The Balaban J connectivity index is 1.47. The highest BCUT2D eigenvalue weighted by atomic mass is 16.3. The Kier molecular flexibility index (Phi) is 3.88. The molecule has 1 N–H and O–H groups in total. The van der Waals surface area contributed by atoms with Crippen LogP contribution in [0.5, 0.6) is 0 Å². The van der Waals surface area contributed by atoms with Crippen LogP contribution in [-0.2, 0) is 4.79 Å². The molecule has 0 saturated heterocycles. The van der Waals surface area contributed by atoms with E-state index in [0.717, 1.165) is 16.7 Å². The molecule has 0 fully saturated rings. The Labute approximate surface area is 143 Å². The van der Waals surface area contributed by atoms with Crippen molar-refractivity contribution in [2.45, 2.75) is 0 Å². The number of oxazole rings is 1. The van der Waals surface area contributed by atoms with Gasteiger partial charge in [0.2, 0.25) is 11.8 Å². The summed E-state index contributed by atoms with van der Waals surface area (Å²) in [5, 5.41) is 2.79. The summed E-state index contributed by atoms with van der Waals surface area (Å²) in [7, 11) is 0. The highest BCUT2D eigenvalue weighted by Gasteiger charge is 2.07. The van der Waals surface area contributed by atoms with Crippen LogP contribution >= 0.6 is 0 Å². The lowest BCUT2D eigenvalue weighted by atomic mass is 10.2. The largest absolute Gasteiger partial charge is 0.465 e. The van der Waals surface area contributed by atoms with Crippen molar-refractivity contribution in [2.24, 2.45) is 0 Å². The van der Waals surface area contributed by atoms with Gasteiger partial charge in [-0.05, 0) is 54.6 Å². The number of rotatable bonds is 4. The van der Waals surface area contributed by atoms with Gasteiger partial charge in [-0.1, -0.05) is 12.1 Å². The summed E-state index contributed by atoms with van der Waals surface area (Å²) in [6.45, 7) is 0. The molecular weight excluding hydrogens is 316 g/mol. The smallest absolute Gasteiger partial charge is 0.248 e. The predicted molar refractivity (Wildman–Crippen MR) is 95.8 cm³/mol. The van der Waals surface area contributed by atoms with E-state index in [1.54, 1.807) is 24.5 Å². The highest BCUT2D eigenvalue weighted by molar-refractivity contribution is 6.01. The van der Waals surface area contributed by atoms with E-state index >= 15 is 0 Å². The molecule has 0 bridgehead atoms. The van der Waals surface area contributed by atoms with Crippen molar-refractivity contribution in [3.05, 3.63) is 78.8 Å². The first-order valence-electron chi connectivity index (χ1n) is 7.76. The standard InChI is InChI=1S/C20H14N2O3/c23-19(12-11-16-4-3-13-24-16)21-15-9-7-14(8-10-15)20-22-17-5-1-2-6-18(17)25-20/h1-13H,(H,21,23). The second kappa shape index (κ2) is 6.49. The van der Waals surface area contributed by atoms with Crippen molar-refractivity contribution in [3.8, 4) is 11.5 Å². The number of fused-ring (bicyclic) bond motifs is 1. The van der Waals surface area contributed by atoms with Crippen molar-refractivity contribution in [1.29, 1.82) is 0 Å². The molecule has 0 saturated carbocycles. The van der Waals surface area contributed by atoms with Crippen molar-refractivity contribution in [1.82, 2.24) is 4.98 Å². The Morgan fingerprint density at radius 3 is 2.60 bits per heavy atom. The molecule has 25 heavy (non-hydrogen) atoms. The highest BCUT2D eigenvalue weighted by Crippen LogP contribution is 2.25. The summed E-state index contributed by atoms with van der Waals surface area (Å²) in [5.41, 5.74) is 3.10. The van der Waals surface area contributed by atoms with Gasteiger partial charge in [0, 0.05) is 17.3 Å². The van der Waals surface area contributed by atoms with E-state index in [1.165, 1.54) is 6.08 Å². The molecule has 0 spiro atoms. The van der Waals surface area contributed by atoms with E-state index in [1.807, 2.05) is 48.5 Å². The number of hydrogen-bond acceptors (Lipinski definition) is 4. The minimum atomic E-state index is -0.231. The van der Waals surface area contributed by atoms with Crippen molar-refractivity contribution >= 4 is 28.8 Å². The normalized spacial score (nSPS) is 11.2. The first kappa shape index (κ1) is 15.0. The third-order valence-corrected chi connectivity index (χ3v) is 3.64. The van der Waals surface area contributed by atoms with E-state index < -0.39 is 0 Å². The van der Waals surface area contributed by atoms with Crippen LogP contribution in [0.15, 0.2) is 81.8 Å². The third-order valence-electron chi connectivity index (χ3n) is 3.64. The molecule has 1 amide bonds. The molecule has 0 atom stereocenters. The van der Waals surface area contributed by atoms with Gasteiger partial charge in [-0.15, -0.1) is 0 Å². The molecule has 0 unspecified atom stereocenters. The second-order valence-corrected chi connectivity index (χ2v) is 5.40. The lowest BCUT2D eigenvalue weighted by molar-refractivity contribution is -0.111. The number of carbonyl (C=O) groups excluding carboxylic acids is 1. The van der Waals surface area contributed by atoms with Gasteiger partial charge in [0.1, 0.15) is 11.3 Å². The fourth-order valence-corrected chi connectivity index (χ4v) is 2.42. The number of amides is 1. The van der Waals surface area contributed by atoms with Gasteiger partial charge >= 0.3 is 0 Å². The molecular formula is C20H14N2O3. The second-order valence-electron chi connectivity index (χ2n) is 5.40. The average Bonchev–Trinajstić information content (AvgIpc) is 3.30. The van der Waals surface area contributed by atoms with Crippen LogP contribution in [0.3, 0.4) is 0 Å². The molecule has 0 aliphatic rings. The maximum absolute atomic E-state index is 11.9. The third kappa shape index (κ3) is 3.35. The Morgan fingerprint density at radius 2 is 1.84 bits per heavy atom. The first-order chi connectivity index (χ1) is 12.3. The van der Waals surface area contributed by atoms with Crippen LogP contribution in [0.1, 0.15) is 5.76 Å². The number of anilines is 1.